The summed E-state index contributed by atoms with van der Waals surface area (Å²) in [6.45, 7) is 4.42. The van der Waals surface area contributed by atoms with Gasteiger partial charge in [0.1, 0.15) is 11.7 Å². The first-order valence-corrected chi connectivity index (χ1v) is 10.6. The molecule has 1 aliphatic rings. The van der Waals surface area contributed by atoms with Gasteiger partial charge >= 0.3 is 11.8 Å². The van der Waals surface area contributed by atoms with Gasteiger partial charge in [0.15, 0.2) is 0 Å². The van der Waals surface area contributed by atoms with E-state index < -0.39 is 6.04 Å². The van der Waals surface area contributed by atoms with Gasteiger partial charge in [0.2, 0.25) is 0 Å². The number of amides is 1. The highest BCUT2D eigenvalue weighted by molar-refractivity contribution is 5.90. The molecular weight excluding hydrogens is 422 g/mol. The van der Waals surface area contributed by atoms with E-state index in [0.29, 0.717) is 18.7 Å². The van der Waals surface area contributed by atoms with E-state index >= 15 is 0 Å². The van der Waals surface area contributed by atoms with Crippen molar-refractivity contribution in [3.8, 4) is 11.6 Å². The fourth-order valence-electron chi connectivity index (χ4n) is 4.31. The Bertz CT molecular complexity index is 1490. The number of fused-ring (bicyclic) bond motifs is 2. The molecule has 1 atom stereocenters. The zero-order valence-electron chi connectivity index (χ0n) is 18.3. The Balaban J connectivity index is 1.40. The summed E-state index contributed by atoms with van der Waals surface area (Å²) < 4.78 is 9.28. The lowest BCUT2D eigenvalue weighted by Crippen LogP contribution is -2.41. The highest BCUT2D eigenvalue weighted by Gasteiger charge is 2.38. The minimum absolute atomic E-state index is 0.0859. The molecule has 11 nitrogen and oxygen atoms in total. The van der Waals surface area contributed by atoms with Crippen molar-refractivity contribution in [1.29, 1.82) is 0 Å². The average Bonchev–Trinajstić information content (AvgIpc) is 3.59. The summed E-state index contributed by atoms with van der Waals surface area (Å²) in [4.78, 5) is 23.0. The van der Waals surface area contributed by atoms with Crippen molar-refractivity contribution in [2.45, 2.75) is 26.3 Å². The van der Waals surface area contributed by atoms with Gasteiger partial charge in [-0.15, -0.1) is 10.2 Å². The van der Waals surface area contributed by atoms with Gasteiger partial charge in [0, 0.05) is 37.6 Å². The molecule has 5 aromatic heterocycles. The third kappa shape index (κ3) is 3.04. The summed E-state index contributed by atoms with van der Waals surface area (Å²) >= 11 is 0. The van der Waals surface area contributed by atoms with Gasteiger partial charge in [0.05, 0.1) is 23.2 Å². The molecule has 1 aliphatic heterocycles. The molecule has 0 aliphatic carbocycles. The number of carbonyl (C=O) groups excluding carboxylic acids is 1. The standard InChI is InChI=1S/C22H21N9O2/c1-12-5-4-7-31-17(12)10-15(28-31)19-18-14(23-11-24-18)6-8-30(19)22(32)21-26-25-20(33-21)16-9-13(2)29(3)27-16/h4-5,7,9-11,19H,6,8H2,1-3H3,(H,23,24)/t19-/m1/s1. The zero-order chi connectivity index (χ0) is 22.7. The van der Waals surface area contributed by atoms with E-state index in [-0.39, 0.29) is 17.7 Å². The number of pyridine rings is 1. The maximum Gasteiger partial charge on any atom is 0.312 e. The smallest absolute Gasteiger partial charge is 0.312 e. The number of hydrogen-bond acceptors (Lipinski definition) is 7. The van der Waals surface area contributed by atoms with Crippen molar-refractivity contribution >= 4 is 11.4 Å². The van der Waals surface area contributed by atoms with Crippen LogP contribution in [-0.4, -0.2) is 56.9 Å². The molecular formula is C22H21N9O2. The van der Waals surface area contributed by atoms with Gasteiger partial charge in [-0.1, -0.05) is 6.07 Å². The molecule has 11 heteroatoms. The fourth-order valence-corrected chi connectivity index (χ4v) is 4.31. The predicted molar refractivity (Wildman–Crippen MR) is 116 cm³/mol. The Morgan fingerprint density at radius 1 is 1.21 bits per heavy atom. The van der Waals surface area contributed by atoms with E-state index in [2.05, 4.69) is 25.3 Å². The molecule has 6 rings (SSSR count). The number of rotatable bonds is 3. The third-order valence-electron chi connectivity index (χ3n) is 6.14. The van der Waals surface area contributed by atoms with E-state index in [0.717, 1.165) is 33.9 Å². The van der Waals surface area contributed by atoms with Crippen molar-refractivity contribution in [3.05, 3.63) is 71.0 Å². The Morgan fingerprint density at radius 3 is 2.88 bits per heavy atom. The van der Waals surface area contributed by atoms with Crippen LogP contribution >= 0.6 is 0 Å². The lowest BCUT2D eigenvalue weighted by Gasteiger charge is -2.32. The average molecular weight is 443 g/mol. The van der Waals surface area contributed by atoms with Gasteiger partial charge in [-0.05, 0) is 37.6 Å². The monoisotopic (exact) mass is 443 g/mol. The second-order valence-corrected chi connectivity index (χ2v) is 8.21. The SMILES string of the molecule is Cc1cccn2nc([C@@H]3c4nc[nH]c4CCN3C(=O)c3nnc(-c4cc(C)n(C)n4)o3)cc12. The highest BCUT2D eigenvalue weighted by atomic mass is 16.4. The Hall–Kier alpha value is -4.28. The molecule has 6 heterocycles. The van der Waals surface area contributed by atoms with Gasteiger partial charge in [-0.2, -0.15) is 10.2 Å². The fraction of sp³-hybridized carbons (Fsp3) is 0.273. The first kappa shape index (κ1) is 19.4. The summed E-state index contributed by atoms with van der Waals surface area (Å²) in [6, 6.07) is 7.34. The zero-order valence-corrected chi connectivity index (χ0v) is 18.3. The maximum atomic E-state index is 13.5. The lowest BCUT2D eigenvalue weighted by molar-refractivity contribution is 0.0646. The molecule has 1 amide bonds. The third-order valence-corrected chi connectivity index (χ3v) is 6.14. The molecule has 0 aromatic carbocycles. The molecule has 0 bridgehead atoms. The van der Waals surface area contributed by atoms with Crippen LogP contribution in [0.4, 0.5) is 0 Å². The maximum absolute atomic E-state index is 13.5. The lowest BCUT2D eigenvalue weighted by atomic mass is 9.99. The molecule has 33 heavy (non-hydrogen) atoms. The quantitative estimate of drug-likeness (QED) is 0.454. The van der Waals surface area contributed by atoms with Crippen LogP contribution in [0.15, 0.2) is 41.2 Å². The minimum atomic E-state index is -0.473. The topological polar surface area (TPSA) is 123 Å². The number of nitrogens with one attached hydrogen (secondary N) is 1. The van der Waals surface area contributed by atoms with E-state index in [4.69, 9.17) is 9.52 Å². The second-order valence-electron chi connectivity index (χ2n) is 8.21. The largest absolute Gasteiger partial charge is 0.411 e. The van der Waals surface area contributed by atoms with Crippen LogP contribution in [0.3, 0.4) is 0 Å². The summed E-state index contributed by atoms with van der Waals surface area (Å²) in [7, 11) is 1.83. The first-order valence-electron chi connectivity index (χ1n) is 10.6. The van der Waals surface area contributed by atoms with E-state index in [1.54, 1.807) is 15.9 Å². The van der Waals surface area contributed by atoms with Gasteiger partial charge < -0.3 is 14.3 Å². The molecule has 0 spiro atoms. The molecule has 166 valence electrons. The number of imidazole rings is 1. The summed E-state index contributed by atoms with van der Waals surface area (Å²) in [5, 5.41) is 17.2. The normalized spacial score (nSPS) is 15.8. The van der Waals surface area contributed by atoms with Crippen LogP contribution in [0.5, 0.6) is 0 Å². The Morgan fingerprint density at radius 2 is 2.09 bits per heavy atom. The summed E-state index contributed by atoms with van der Waals surface area (Å²) in [5.74, 6) is -0.245. The number of hydrogen-bond donors (Lipinski definition) is 1. The van der Waals surface area contributed by atoms with E-state index in [1.807, 2.05) is 55.9 Å². The second kappa shape index (κ2) is 7.12. The predicted octanol–water partition coefficient (Wildman–Crippen LogP) is 2.25. The van der Waals surface area contributed by atoms with Crippen molar-refractivity contribution in [2.75, 3.05) is 6.54 Å². The number of aromatic amines is 1. The van der Waals surface area contributed by atoms with Gasteiger partial charge in [-0.25, -0.2) is 9.50 Å². The van der Waals surface area contributed by atoms with Crippen LogP contribution in [0, 0.1) is 13.8 Å². The van der Waals surface area contributed by atoms with Crippen LogP contribution in [-0.2, 0) is 13.5 Å². The molecule has 0 radical (unpaired) electrons. The summed E-state index contributed by atoms with van der Waals surface area (Å²) in [6.07, 6.45) is 4.19. The molecule has 5 aromatic rings. The van der Waals surface area contributed by atoms with Crippen LogP contribution in [0.25, 0.3) is 17.1 Å². The Labute approximate surface area is 188 Å². The van der Waals surface area contributed by atoms with Gasteiger partial charge in [-0.3, -0.25) is 9.48 Å². The van der Waals surface area contributed by atoms with Crippen molar-refractivity contribution < 1.29 is 9.21 Å². The van der Waals surface area contributed by atoms with E-state index in [9.17, 15) is 4.79 Å². The number of carbonyl (C=O) groups is 1. The molecule has 0 saturated carbocycles. The summed E-state index contributed by atoms with van der Waals surface area (Å²) in [5.41, 5.74) is 6.05. The molecule has 0 saturated heterocycles. The Kier molecular flexibility index (Phi) is 4.19. The van der Waals surface area contributed by atoms with E-state index in [1.165, 1.54) is 0 Å². The molecule has 1 N–H and O–H groups in total. The molecule has 0 unspecified atom stereocenters. The van der Waals surface area contributed by atoms with Crippen molar-refractivity contribution in [2.24, 2.45) is 7.05 Å². The first-order chi connectivity index (χ1) is 16.0. The molecule has 0 fully saturated rings. The van der Waals surface area contributed by atoms with Crippen LogP contribution in [0.2, 0.25) is 0 Å². The van der Waals surface area contributed by atoms with Crippen LogP contribution in [0.1, 0.15) is 45.1 Å². The van der Waals surface area contributed by atoms with Crippen molar-refractivity contribution in [1.82, 2.24) is 44.5 Å². The number of H-pyrrole nitrogens is 1. The highest BCUT2D eigenvalue weighted by Crippen LogP contribution is 2.34. The van der Waals surface area contributed by atoms with Crippen LogP contribution < -0.4 is 0 Å². The van der Waals surface area contributed by atoms with Crippen molar-refractivity contribution in [3.63, 3.8) is 0 Å². The number of nitrogens with zero attached hydrogens (tertiary/aromatic N) is 8. The minimum Gasteiger partial charge on any atom is -0.411 e. The number of aryl methyl sites for hydroxylation is 3. The van der Waals surface area contributed by atoms with Gasteiger partial charge in [0.25, 0.3) is 5.89 Å². The number of aromatic nitrogens is 8.